The van der Waals surface area contributed by atoms with Gasteiger partial charge in [0.15, 0.2) is 0 Å². The molecule has 8 nitrogen and oxygen atoms in total. The van der Waals surface area contributed by atoms with E-state index in [-0.39, 0.29) is 53.8 Å². The lowest BCUT2D eigenvalue weighted by Crippen LogP contribution is -2.46. The van der Waals surface area contributed by atoms with Crippen LogP contribution in [0, 0.1) is 12.8 Å². The Balaban J connectivity index is 0.00000242. The van der Waals surface area contributed by atoms with Gasteiger partial charge in [0.1, 0.15) is 28.8 Å². The number of hydrogen-bond acceptors (Lipinski definition) is 6. The fourth-order valence-electron chi connectivity index (χ4n) is 5.50. The third-order valence-electron chi connectivity index (χ3n) is 7.75. The van der Waals surface area contributed by atoms with Crippen LogP contribution in [0.25, 0.3) is 10.9 Å². The van der Waals surface area contributed by atoms with Crippen molar-refractivity contribution < 1.29 is 17.9 Å². The van der Waals surface area contributed by atoms with Crippen LogP contribution in [0.1, 0.15) is 43.4 Å². The molecule has 0 spiro atoms. The largest absolute Gasteiger partial charge is 0.487 e. The quantitative estimate of drug-likeness (QED) is 0.291. The third-order valence-corrected chi connectivity index (χ3v) is 10.6. The number of nitrogens with one attached hydrogen (secondary N) is 2. The van der Waals surface area contributed by atoms with Crippen LogP contribution in [0.2, 0.25) is 10.0 Å². The monoisotopic (exact) mass is 676 g/mol. The van der Waals surface area contributed by atoms with E-state index in [0.29, 0.717) is 47.2 Å². The van der Waals surface area contributed by atoms with Crippen molar-refractivity contribution in [3.05, 3.63) is 63.8 Å². The summed E-state index contributed by atoms with van der Waals surface area (Å²) in [7, 11) is -4.07. The average Bonchev–Trinajstić information content (AvgIpc) is 3.45. The van der Waals surface area contributed by atoms with Gasteiger partial charge < -0.3 is 15.4 Å². The molecule has 42 heavy (non-hydrogen) atoms. The average molecular weight is 679 g/mol. The van der Waals surface area contributed by atoms with Gasteiger partial charge in [-0.05, 0) is 82.3 Å². The molecule has 230 valence electrons. The molecule has 2 N–H and O–H groups in total. The summed E-state index contributed by atoms with van der Waals surface area (Å²) in [5.74, 6) is 0.858. The molecule has 2 aliphatic heterocycles. The molecule has 2 fully saturated rings. The van der Waals surface area contributed by atoms with Crippen LogP contribution < -0.4 is 15.4 Å². The number of benzene rings is 2. The second-order valence-electron chi connectivity index (χ2n) is 10.5. The molecule has 1 aromatic heterocycles. The molecule has 1 atom stereocenters. The first kappa shape index (κ1) is 34.6. The van der Waals surface area contributed by atoms with Crippen molar-refractivity contribution >= 4 is 74.8 Å². The zero-order valence-corrected chi connectivity index (χ0v) is 27.2. The Hall–Kier alpha value is -1.85. The van der Waals surface area contributed by atoms with E-state index in [1.165, 1.54) is 16.4 Å². The SMILES string of the molecule is Cc1ccc2cccc(OCc3c(Cl)ccc(S(=O)(=O)N4CCC[C@H]4C(=O)NCCC4CCNCC4)c3Cl)c2n1.Cl.Cl. The number of carbonyl (C=O) groups is 1. The lowest BCUT2D eigenvalue weighted by Gasteiger charge is -2.26. The molecule has 0 aliphatic carbocycles. The normalized spacial score (nSPS) is 17.8. The summed E-state index contributed by atoms with van der Waals surface area (Å²) in [4.78, 5) is 17.6. The highest BCUT2D eigenvalue weighted by Crippen LogP contribution is 2.36. The predicted molar refractivity (Wildman–Crippen MR) is 172 cm³/mol. The van der Waals surface area contributed by atoms with Gasteiger partial charge in [-0.15, -0.1) is 24.8 Å². The fourth-order valence-corrected chi connectivity index (χ4v) is 8.02. The smallest absolute Gasteiger partial charge is 0.245 e. The van der Waals surface area contributed by atoms with E-state index in [9.17, 15) is 13.2 Å². The second-order valence-corrected chi connectivity index (χ2v) is 13.1. The van der Waals surface area contributed by atoms with E-state index in [1.54, 1.807) is 6.07 Å². The standard InChI is InChI=1S/C29H34Cl2N4O4S.2ClH/c1-19-7-8-21-4-2-6-25(28(21)34-19)39-18-22-23(30)9-10-26(27(22)31)40(37,38)35-17-3-5-24(35)29(36)33-16-13-20-11-14-32-15-12-20;;/h2,4,6-10,20,24,32H,3,5,11-18H2,1H3,(H,33,36);2*1H/t24-;;/m0../s1. The maximum absolute atomic E-state index is 13.8. The van der Waals surface area contributed by atoms with Gasteiger partial charge in [-0.25, -0.2) is 13.4 Å². The summed E-state index contributed by atoms with van der Waals surface area (Å²) in [5.41, 5.74) is 1.91. The number of carbonyl (C=O) groups excluding carboxylic acids is 1. The first-order valence-electron chi connectivity index (χ1n) is 13.7. The molecule has 0 unspecified atom stereocenters. The van der Waals surface area contributed by atoms with Gasteiger partial charge in [0.25, 0.3) is 0 Å². The van der Waals surface area contributed by atoms with E-state index in [0.717, 1.165) is 43.4 Å². The van der Waals surface area contributed by atoms with Gasteiger partial charge in [0.2, 0.25) is 15.9 Å². The van der Waals surface area contributed by atoms with Crippen LogP contribution >= 0.6 is 48.0 Å². The number of ether oxygens (including phenoxy) is 1. The topological polar surface area (TPSA) is 101 Å². The van der Waals surface area contributed by atoms with Crippen LogP contribution in [0.3, 0.4) is 0 Å². The zero-order valence-electron chi connectivity index (χ0n) is 23.3. The molecule has 13 heteroatoms. The van der Waals surface area contributed by atoms with Crippen molar-refractivity contribution in [1.82, 2.24) is 19.9 Å². The Labute approximate surface area is 269 Å². The van der Waals surface area contributed by atoms with Crippen LogP contribution in [0.4, 0.5) is 0 Å². The number of piperidine rings is 1. The first-order valence-corrected chi connectivity index (χ1v) is 15.9. The number of sulfonamides is 1. The second kappa shape index (κ2) is 15.2. The summed E-state index contributed by atoms with van der Waals surface area (Å²) < 4.78 is 34.9. The van der Waals surface area contributed by atoms with Crippen molar-refractivity contribution in [2.75, 3.05) is 26.2 Å². The fraction of sp³-hybridized carbons (Fsp3) is 0.448. The van der Waals surface area contributed by atoms with E-state index >= 15 is 0 Å². The minimum Gasteiger partial charge on any atom is -0.487 e. The summed E-state index contributed by atoms with van der Waals surface area (Å²) in [6.45, 7) is 4.65. The van der Waals surface area contributed by atoms with Crippen molar-refractivity contribution in [2.24, 2.45) is 5.92 Å². The Morgan fingerprint density at radius 3 is 2.62 bits per heavy atom. The molecule has 3 aromatic rings. The van der Waals surface area contributed by atoms with Crippen LogP contribution in [0.5, 0.6) is 5.75 Å². The Kier molecular flexibility index (Phi) is 12.6. The van der Waals surface area contributed by atoms with Gasteiger partial charge in [0.05, 0.1) is 5.02 Å². The number of rotatable bonds is 9. The Morgan fingerprint density at radius 1 is 1.10 bits per heavy atom. The molecule has 2 aromatic carbocycles. The molecule has 3 heterocycles. The highest BCUT2D eigenvalue weighted by atomic mass is 35.5. The van der Waals surface area contributed by atoms with E-state index in [4.69, 9.17) is 27.9 Å². The number of amides is 1. The zero-order chi connectivity index (χ0) is 28.3. The number of halogens is 4. The van der Waals surface area contributed by atoms with Gasteiger partial charge in [0, 0.05) is 34.8 Å². The summed E-state index contributed by atoms with van der Waals surface area (Å²) in [5, 5.41) is 7.53. The number of hydrogen-bond donors (Lipinski definition) is 2. The van der Waals surface area contributed by atoms with Crippen molar-refractivity contribution in [3.8, 4) is 5.75 Å². The molecular formula is C29H36Cl4N4O4S. The van der Waals surface area contributed by atoms with Crippen LogP contribution in [-0.2, 0) is 21.4 Å². The number of nitrogens with zero attached hydrogens (tertiary/aromatic N) is 2. The molecule has 1 amide bonds. The molecule has 2 saturated heterocycles. The van der Waals surface area contributed by atoms with Gasteiger partial charge in [-0.1, -0.05) is 41.4 Å². The first-order chi connectivity index (χ1) is 19.3. The Morgan fingerprint density at radius 2 is 1.86 bits per heavy atom. The molecule has 0 radical (unpaired) electrons. The highest BCUT2D eigenvalue weighted by Gasteiger charge is 2.40. The third kappa shape index (κ3) is 7.62. The van der Waals surface area contributed by atoms with Crippen LogP contribution in [0.15, 0.2) is 47.4 Å². The lowest BCUT2D eigenvalue weighted by atomic mass is 9.95. The van der Waals surface area contributed by atoms with Crippen molar-refractivity contribution in [3.63, 3.8) is 0 Å². The number of aromatic nitrogens is 1. The van der Waals surface area contributed by atoms with Crippen molar-refractivity contribution in [1.29, 1.82) is 0 Å². The van der Waals surface area contributed by atoms with Gasteiger partial charge in [-0.3, -0.25) is 4.79 Å². The molecule has 2 aliphatic rings. The van der Waals surface area contributed by atoms with E-state index < -0.39 is 16.1 Å². The highest BCUT2D eigenvalue weighted by molar-refractivity contribution is 7.89. The Bertz CT molecular complexity index is 1500. The molecule has 0 bridgehead atoms. The maximum Gasteiger partial charge on any atom is 0.245 e. The molecule has 0 saturated carbocycles. The number of pyridine rings is 1. The summed E-state index contributed by atoms with van der Waals surface area (Å²) in [6, 6.07) is 11.6. The van der Waals surface area contributed by atoms with Gasteiger partial charge >= 0.3 is 0 Å². The van der Waals surface area contributed by atoms with Crippen LogP contribution in [-0.4, -0.2) is 55.8 Å². The van der Waals surface area contributed by atoms with E-state index in [1.807, 2.05) is 31.2 Å². The number of fused-ring (bicyclic) bond motifs is 1. The number of para-hydroxylation sites is 1. The minimum atomic E-state index is -4.07. The maximum atomic E-state index is 13.8. The lowest BCUT2D eigenvalue weighted by molar-refractivity contribution is -0.124. The summed E-state index contributed by atoms with van der Waals surface area (Å²) in [6.07, 6.45) is 4.15. The summed E-state index contributed by atoms with van der Waals surface area (Å²) >= 11 is 13.2. The molecule has 5 rings (SSSR count). The van der Waals surface area contributed by atoms with Crippen molar-refractivity contribution in [2.45, 2.75) is 56.6 Å². The molecular weight excluding hydrogens is 642 g/mol. The van der Waals surface area contributed by atoms with Gasteiger partial charge in [-0.2, -0.15) is 4.31 Å². The minimum absolute atomic E-state index is 0. The van der Waals surface area contributed by atoms with E-state index in [2.05, 4.69) is 15.6 Å². The predicted octanol–water partition coefficient (Wildman–Crippen LogP) is 5.93. The number of aryl methyl sites for hydroxylation is 1.